The second-order valence-corrected chi connectivity index (χ2v) is 9.63. The molecule has 204 valence electrons. The molecule has 0 spiro atoms. The van der Waals surface area contributed by atoms with E-state index in [0.717, 1.165) is 17.0 Å². The van der Waals surface area contributed by atoms with Crippen molar-refractivity contribution in [2.75, 3.05) is 24.7 Å². The van der Waals surface area contributed by atoms with Crippen molar-refractivity contribution in [1.82, 2.24) is 0 Å². The zero-order chi connectivity index (χ0) is 27.4. The molecule has 0 aromatic heterocycles. The molecule has 1 saturated heterocycles. The number of aliphatic hydroxyl groups is 5. The average molecular weight is 544 g/mol. The number of halogens is 1. The largest absolute Gasteiger partial charge is 0.494 e. The third-order valence-electron chi connectivity index (χ3n) is 6.92. The third-order valence-corrected chi connectivity index (χ3v) is 7.26. The van der Waals surface area contributed by atoms with Gasteiger partial charge in [-0.1, -0.05) is 48.0 Å². The number of aliphatic hydroxyl groups excluding tert-OH is 4. The van der Waals surface area contributed by atoms with E-state index in [9.17, 15) is 25.5 Å². The minimum atomic E-state index is -2.40. The molecule has 0 aliphatic carbocycles. The van der Waals surface area contributed by atoms with Crippen LogP contribution < -0.4 is 9.64 Å². The molecular formula is C29H34ClNO7. The summed E-state index contributed by atoms with van der Waals surface area (Å²) >= 11 is 6.77. The van der Waals surface area contributed by atoms with Crippen LogP contribution in [0.2, 0.25) is 5.02 Å². The first-order chi connectivity index (χ1) is 18.2. The van der Waals surface area contributed by atoms with E-state index in [2.05, 4.69) is 4.90 Å². The van der Waals surface area contributed by atoms with Crippen molar-refractivity contribution in [2.24, 2.45) is 0 Å². The molecule has 38 heavy (non-hydrogen) atoms. The number of rotatable bonds is 9. The van der Waals surface area contributed by atoms with Gasteiger partial charge in [0.15, 0.2) is 0 Å². The zero-order valence-electron chi connectivity index (χ0n) is 21.3. The summed E-state index contributed by atoms with van der Waals surface area (Å²) in [6.45, 7) is 4.43. The van der Waals surface area contributed by atoms with Crippen LogP contribution in [0.15, 0.2) is 72.8 Å². The Kier molecular flexibility index (Phi) is 8.95. The Hall–Kier alpha value is -2.69. The van der Waals surface area contributed by atoms with E-state index in [0.29, 0.717) is 23.7 Å². The molecule has 3 aromatic rings. The van der Waals surface area contributed by atoms with Crippen LogP contribution in [0.25, 0.3) is 0 Å². The highest BCUT2D eigenvalue weighted by molar-refractivity contribution is 6.31. The molecule has 1 aliphatic heterocycles. The lowest BCUT2D eigenvalue weighted by molar-refractivity contribution is -0.357. The molecule has 8 nitrogen and oxygen atoms in total. The summed E-state index contributed by atoms with van der Waals surface area (Å²) in [7, 11) is 0. The van der Waals surface area contributed by atoms with E-state index in [1.807, 2.05) is 68.4 Å². The third kappa shape index (κ3) is 5.39. The standard InChI is InChI=1S/C29H34ClNO7/c1-3-31(20-8-6-5-7-9-20)25(18-10-13-21(14-11-18)37-4-2)22-16-19(12-15-23(22)30)29(36)28(35)27(34)26(33)24(17-32)38-29/h5-16,24-28,32-36H,3-4,17H2,1-2H3/t24-,25?,26-,27+,28-,29+/m1/s1. The summed E-state index contributed by atoms with van der Waals surface area (Å²) in [6.07, 6.45) is -6.51. The lowest BCUT2D eigenvalue weighted by Gasteiger charge is -2.45. The van der Waals surface area contributed by atoms with Crippen LogP contribution >= 0.6 is 11.6 Å². The van der Waals surface area contributed by atoms with E-state index >= 15 is 0 Å². The maximum absolute atomic E-state index is 11.4. The van der Waals surface area contributed by atoms with Crippen molar-refractivity contribution in [1.29, 1.82) is 0 Å². The van der Waals surface area contributed by atoms with Gasteiger partial charge < -0.3 is 39.9 Å². The Balaban J connectivity index is 1.85. The van der Waals surface area contributed by atoms with Gasteiger partial charge in [-0.3, -0.25) is 0 Å². The minimum absolute atomic E-state index is 0.119. The second kappa shape index (κ2) is 12.0. The highest BCUT2D eigenvalue weighted by Crippen LogP contribution is 2.42. The lowest BCUT2D eigenvalue weighted by atomic mass is 9.86. The van der Waals surface area contributed by atoms with Gasteiger partial charge >= 0.3 is 0 Å². The minimum Gasteiger partial charge on any atom is -0.494 e. The van der Waals surface area contributed by atoms with Crippen molar-refractivity contribution in [3.63, 3.8) is 0 Å². The summed E-state index contributed by atoms with van der Waals surface area (Å²) in [5.41, 5.74) is 2.58. The van der Waals surface area contributed by atoms with Crippen molar-refractivity contribution >= 4 is 17.3 Å². The molecular weight excluding hydrogens is 510 g/mol. The van der Waals surface area contributed by atoms with E-state index < -0.39 is 42.9 Å². The summed E-state index contributed by atoms with van der Waals surface area (Å²) < 4.78 is 11.2. The van der Waals surface area contributed by atoms with Gasteiger partial charge in [-0.15, -0.1) is 0 Å². The zero-order valence-corrected chi connectivity index (χ0v) is 22.1. The molecule has 0 amide bonds. The molecule has 9 heteroatoms. The Labute approximate surface area is 227 Å². The smallest absolute Gasteiger partial charge is 0.222 e. The number of ether oxygens (including phenoxy) is 2. The number of hydrogen-bond donors (Lipinski definition) is 5. The Morgan fingerprint density at radius 1 is 0.974 bits per heavy atom. The fourth-order valence-corrected chi connectivity index (χ4v) is 5.16. The fourth-order valence-electron chi connectivity index (χ4n) is 4.94. The molecule has 1 heterocycles. The van der Waals surface area contributed by atoms with Gasteiger partial charge in [0.1, 0.15) is 30.2 Å². The highest BCUT2D eigenvalue weighted by Gasteiger charge is 2.53. The van der Waals surface area contributed by atoms with Crippen LogP contribution in [0.3, 0.4) is 0 Å². The highest BCUT2D eigenvalue weighted by atomic mass is 35.5. The lowest BCUT2D eigenvalue weighted by Crippen LogP contribution is -2.63. The molecule has 1 unspecified atom stereocenters. The van der Waals surface area contributed by atoms with Crippen LogP contribution in [0.4, 0.5) is 5.69 Å². The molecule has 1 aliphatic rings. The SMILES string of the molecule is CCOc1ccc(C(c2cc([C@]3(O)O[C@H](CO)[C@@H](O)[C@H](O)[C@H]3O)ccc2Cl)N(CC)c2ccccc2)cc1. The van der Waals surface area contributed by atoms with Gasteiger partial charge in [-0.25, -0.2) is 0 Å². The molecule has 6 atom stereocenters. The molecule has 0 bridgehead atoms. The quantitative estimate of drug-likeness (QED) is 0.279. The van der Waals surface area contributed by atoms with E-state index in [1.165, 1.54) is 6.07 Å². The van der Waals surface area contributed by atoms with E-state index in [-0.39, 0.29) is 5.56 Å². The van der Waals surface area contributed by atoms with Gasteiger partial charge in [0, 0.05) is 22.8 Å². The molecule has 5 N–H and O–H groups in total. The summed E-state index contributed by atoms with van der Waals surface area (Å²) in [5.74, 6) is -1.67. The van der Waals surface area contributed by atoms with Crippen molar-refractivity contribution in [3.05, 3.63) is 94.5 Å². The first-order valence-electron chi connectivity index (χ1n) is 12.6. The molecule has 0 radical (unpaired) electrons. The Bertz CT molecular complexity index is 1190. The van der Waals surface area contributed by atoms with Gasteiger partial charge in [0.25, 0.3) is 0 Å². The summed E-state index contributed by atoms with van der Waals surface area (Å²) in [6, 6.07) is 21.8. The molecule has 3 aromatic carbocycles. The average Bonchev–Trinajstić information content (AvgIpc) is 2.94. The fraction of sp³-hybridized carbons (Fsp3) is 0.379. The van der Waals surface area contributed by atoms with E-state index in [1.54, 1.807) is 12.1 Å². The van der Waals surface area contributed by atoms with Crippen LogP contribution in [-0.4, -0.2) is 69.7 Å². The summed E-state index contributed by atoms with van der Waals surface area (Å²) in [5, 5.41) is 52.8. The van der Waals surface area contributed by atoms with Crippen LogP contribution in [0, 0.1) is 0 Å². The second-order valence-electron chi connectivity index (χ2n) is 9.22. The first-order valence-corrected chi connectivity index (χ1v) is 13.0. The van der Waals surface area contributed by atoms with Crippen molar-refractivity contribution < 1.29 is 35.0 Å². The van der Waals surface area contributed by atoms with Gasteiger partial charge in [-0.2, -0.15) is 0 Å². The Morgan fingerprint density at radius 2 is 1.66 bits per heavy atom. The molecule has 0 saturated carbocycles. The van der Waals surface area contributed by atoms with Crippen LogP contribution in [0.1, 0.15) is 36.6 Å². The van der Waals surface area contributed by atoms with Gasteiger partial charge in [0.2, 0.25) is 5.79 Å². The molecule has 1 fully saturated rings. The topological polar surface area (TPSA) is 123 Å². The number of para-hydroxylation sites is 1. The maximum Gasteiger partial charge on any atom is 0.222 e. The van der Waals surface area contributed by atoms with E-state index in [4.69, 9.17) is 21.1 Å². The van der Waals surface area contributed by atoms with Gasteiger partial charge in [0.05, 0.1) is 19.3 Å². The van der Waals surface area contributed by atoms with Crippen molar-refractivity contribution in [3.8, 4) is 5.75 Å². The summed E-state index contributed by atoms with van der Waals surface area (Å²) in [4.78, 5) is 2.15. The Morgan fingerprint density at radius 3 is 2.26 bits per heavy atom. The predicted molar refractivity (Wildman–Crippen MR) is 144 cm³/mol. The van der Waals surface area contributed by atoms with Crippen molar-refractivity contribution in [2.45, 2.75) is 50.1 Å². The predicted octanol–water partition coefficient (Wildman–Crippen LogP) is 2.97. The van der Waals surface area contributed by atoms with Crippen LogP contribution in [0.5, 0.6) is 5.75 Å². The number of benzene rings is 3. The number of hydrogen-bond acceptors (Lipinski definition) is 8. The monoisotopic (exact) mass is 543 g/mol. The number of nitrogens with zero attached hydrogens (tertiary/aromatic N) is 1. The van der Waals surface area contributed by atoms with Crippen LogP contribution in [-0.2, 0) is 10.5 Å². The first kappa shape index (κ1) is 28.3. The maximum atomic E-state index is 11.4. The number of anilines is 1. The normalized spacial score (nSPS) is 26.1. The van der Waals surface area contributed by atoms with Gasteiger partial charge in [-0.05, 0) is 61.4 Å². The molecule has 4 rings (SSSR count).